The number of hydrogen-bond donors (Lipinski definition) is 1. The van der Waals surface area contributed by atoms with E-state index in [9.17, 15) is 4.79 Å². The number of ether oxygens (including phenoxy) is 1. The fraction of sp³-hybridized carbons (Fsp3) is 0.923. The summed E-state index contributed by atoms with van der Waals surface area (Å²) in [7, 11) is 0. The van der Waals surface area contributed by atoms with E-state index in [0.717, 1.165) is 32.5 Å². The maximum absolute atomic E-state index is 11.3. The van der Waals surface area contributed by atoms with E-state index in [1.54, 1.807) is 0 Å². The average molecular weight is 244 g/mol. The van der Waals surface area contributed by atoms with Crippen molar-refractivity contribution in [2.45, 2.75) is 59.6 Å². The van der Waals surface area contributed by atoms with Crippen molar-refractivity contribution in [1.82, 2.24) is 10.2 Å². The maximum atomic E-state index is 11.3. The van der Waals surface area contributed by atoms with E-state index >= 15 is 0 Å². The molecule has 0 fully saturated rings. The summed E-state index contributed by atoms with van der Waals surface area (Å²) in [6, 6.07) is 0.178. The minimum Gasteiger partial charge on any atom is -0.447 e. The minimum atomic E-state index is -0.310. The van der Waals surface area contributed by atoms with Gasteiger partial charge in [0.2, 0.25) is 0 Å². The molecule has 0 aromatic carbocycles. The highest BCUT2D eigenvalue weighted by Crippen LogP contribution is 2.00. The van der Waals surface area contributed by atoms with Crippen LogP contribution < -0.4 is 5.32 Å². The molecule has 0 aromatic rings. The highest BCUT2D eigenvalue weighted by atomic mass is 16.6. The maximum Gasteiger partial charge on any atom is 0.407 e. The lowest BCUT2D eigenvalue weighted by molar-refractivity contribution is 0.112. The number of hydrogen-bond acceptors (Lipinski definition) is 3. The fourth-order valence-corrected chi connectivity index (χ4v) is 1.68. The quantitative estimate of drug-likeness (QED) is 0.713. The summed E-state index contributed by atoms with van der Waals surface area (Å²) in [6.45, 7) is 13.3. The zero-order valence-corrected chi connectivity index (χ0v) is 12.0. The molecular weight excluding hydrogens is 216 g/mol. The van der Waals surface area contributed by atoms with E-state index in [4.69, 9.17) is 4.74 Å². The largest absolute Gasteiger partial charge is 0.447 e. The normalized spacial score (nSPS) is 12.9. The number of carbonyl (C=O) groups excluding carboxylic acids is 1. The first kappa shape index (κ1) is 16.2. The third-order valence-electron chi connectivity index (χ3n) is 2.71. The summed E-state index contributed by atoms with van der Waals surface area (Å²) < 4.78 is 5.03. The number of nitrogens with one attached hydrogen (secondary N) is 1. The van der Waals surface area contributed by atoms with Crippen LogP contribution in [-0.4, -0.2) is 42.8 Å². The molecule has 1 unspecified atom stereocenters. The van der Waals surface area contributed by atoms with Crippen LogP contribution in [0, 0.1) is 0 Å². The first-order valence-electron chi connectivity index (χ1n) is 6.69. The van der Waals surface area contributed by atoms with Crippen LogP contribution in [-0.2, 0) is 4.74 Å². The number of nitrogens with zero attached hydrogens (tertiary/aromatic N) is 1. The first-order chi connectivity index (χ1) is 7.99. The molecule has 0 aliphatic carbocycles. The molecular formula is C13H28N2O2. The first-order valence-corrected chi connectivity index (χ1v) is 6.69. The van der Waals surface area contributed by atoms with Crippen LogP contribution >= 0.6 is 0 Å². The smallest absolute Gasteiger partial charge is 0.407 e. The van der Waals surface area contributed by atoms with Crippen molar-refractivity contribution in [1.29, 1.82) is 0 Å². The van der Waals surface area contributed by atoms with Gasteiger partial charge in [0.1, 0.15) is 0 Å². The summed E-state index contributed by atoms with van der Waals surface area (Å²) >= 11 is 0. The highest BCUT2D eigenvalue weighted by molar-refractivity contribution is 5.67. The highest BCUT2D eigenvalue weighted by Gasteiger charge is 2.09. The predicted molar refractivity (Wildman–Crippen MR) is 71.2 cm³/mol. The van der Waals surface area contributed by atoms with Gasteiger partial charge >= 0.3 is 6.09 Å². The Balaban J connectivity index is 3.65. The molecule has 0 rings (SSSR count). The Morgan fingerprint density at radius 3 is 2.29 bits per heavy atom. The monoisotopic (exact) mass is 244 g/mol. The zero-order valence-electron chi connectivity index (χ0n) is 12.0. The van der Waals surface area contributed by atoms with Gasteiger partial charge in [0.15, 0.2) is 0 Å². The second kappa shape index (κ2) is 9.28. The van der Waals surface area contributed by atoms with Crippen molar-refractivity contribution in [3.05, 3.63) is 0 Å². The van der Waals surface area contributed by atoms with Crippen LogP contribution in [0.2, 0.25) is 0 Å². The van der Waals surface area contributed by atoms with Crippen LogP contribution in [0.5, 0.6) is 0 Å². The Kier molecular flexibility index (Phi) is 8.86. The number of rotatable bonds is 8. The lowest BCUT2D eigenvalue weighted by Gasteiger charge is -2.20. The fourth-order valence-electron chi connectivity index (χ4n) is 1.68. The van der Waals surface area contributed by atoms with Crippen molar-refractivity contribution in [2.75, 3.05) is 19.6 Å². The van der Waals surface area contributed by atoms with Crippen molar-refractivity contribution in [3.8, 4) is 0 Å². The second-order valence-corrected chi connectivity index (χ2v) is 4.67. The molecule has 102 valence electrons. The Morgan fingerprint density at radius 1 is 1.24 bits per heavy atom. The van der Waals surface area contributed by atoms with Gasteiger partial charge in [-0.3, -0.25) is 0 Å². The molecule has 4 nitrogen and oxygen atoms in total. The van der Waals surface area contributed by atoms with Gasteiger partial charge in [-0.2, -0.15) is 0 Å². The molecule has 0 saturated carbocycles. The topological polar surface area (TPSA) is 41.6 Å². The molecule has 1 amide bonds. The van der Waals surface area contributed by atoms with Gasteiger partial charge in [-0.25, -0.2) is 4.79 Å². The molecule has 17 heavy (non-hydrogen) atoms. The van der Waals surface area contributed by atoms with E-state index < -0.39 is 0 Å². The van der Waals surface area contributed by atoms with Crippen LogP contribution in [0.25, 0.3) is 0 Å². The van der Waals surface area contributed by atoms with Crippen molar-refractivity contribution in [2.24, 2.45) is 0 Å². The van der Waals surface area contributed by atoms with Crippen molar-refractivity contribution >= 4 is 6.09 Å². The molecule has 0 saturated heterocycles. The third kappa shape index (κ3) is 8.98. The van der Waals surface area contributed by atoms with Crippen molar-refractivity contribution < 1.29 is 9.53 Å². The third-order valence-corrected chi connectivity index (χ3v) is 2.71. The Morgan fingerprint density at radius 2 is 1.82 bits per heavy atom. The zero-order chi connectivity index (χ0) is 13.3. The minimum absolute atomic E-state index is 0.0575. The van der Waals surface area contributed by atoms with Gasteiger partial charge in [0, 0.05) is 6.04 Å². The molecule has 0 radical (unpaired) electrons. The summed E-state index contributed by atoms with van der Waals surface area (Å²) in [4.78, 5) is 13.7. The van der Waals surface area contributed by atoms with Crippen LogP contribution in [0.15, 0.2) is 0 Å². The lowest BCUT2D eigenvalue weighted by Crippen LogP contribution is -2.35. The van der Waals surface area contributed by atoms with Gasteiger partial charge in [-0.05, 0) is 53.2 Å². The standard InChI is InChI=1S/C13H28N2O2/c1-6-15(7-2)10-8-9-12(5)14-13(16)17-11(3)4/h11-12H,6-10H2,1-5H3,(H,14,16). The number of alkyl carbamates (subject to hydrolysis) is 1. The van der Waals surface area contributed by atoms with E-state index in [0.29, 0.717) is 0 Å². The number of carbonyl (C=O) groups is 1. The summed E-state index contributed by atoms with van der Waals surface area (Å²) in [5, 5.41) is 2.84. The van der Waals surface area contributed by atoms with Gasteiger partial charge in [-0.1, -0.05) is 13.8 Å². The van der Waals surface area contributed by atoms with E-state index in [2.05, 4.69) is 24.1 Å². The lowest BCUT2D eigenvalue weighted by atomic mass is 10.2. The summed E-state index contributed by atoms with van der Waals surface area (Å²) in [5.41, 5.74) is 0. The molecule has 0 aromatic heterocycles. The Hall–Kier alpha value is -0.770. The van der Waals surface area contributed by atoms with Gasteiger partial charge in [0.25, 0.3) is 0 Å². The Bertz CT molecular complexity index is 204. The SMILES string of the molecule is CCN(CC)CCCC(C)NC(=O)OC(C)C. The molecule has 0 aliphatic heterocycles. The second-order valence-electron chi connectivity index (χ2n) is 4.67. The van der Waals surface area contributed by atoms with E-state index in [-0.39, 0.29) is 18.2 Å². The molecule has 1 N–H and O–H groups in total. The molecule has 0 spiro atoms. The predicted octanol–water partition coefficient (Wildman–Crippen LogP) is 2.63. The average Bonchev–Trinajstić information content (AvgIpc) is 2.23. The molecule has 1 atom stereocenters. The summed E-state index contributed by atoms with van der Waals surface area (Å²) in [5.74, 6) is 0. The van der Waals surface area contributed by atoms with Gasteiger partial charge in [0.05, 0.1) is 6.10 Å². The molecule has 4 heteroatoms. The van der Waals surface area contributed by atoms with E-state index in [1.807, 2.05) is 20.8 Å². The van der Waals surface area contributed by atoms with Gasteiger partial charge < -0.3 is 15.0 Å². The van der Waals surface area contributed by atoms with Crippen LogP contribution in [0.3, 0.4) is 0 Å². The van der Waals surface area contributed by atoms with Crippen LogP contribution in [0.4, 0.5) is 4.79 Å². The molecule has 0 bridgehead atoms. The van der Waals surface area contributed by atoms with E-state index in [1.165, 1.54) is 0 Å². The van der Waals surface area contributed by atoms with Gasteiger partial charge in [-0.15, -0.1) is 0 Å². The Labute approximate surface area is 106 Å². The number of amides is 1. The summed E-state index contributed by atoms with van der Waals surface area (Å²) in [6.07, 6.45) is 1.72. The van der Waals surface area contributed by atoms with Crippen molar-refractivity contribution in [3.63, 3.8) is 0 Å². The molecule has 0 aliphatic rings. The van der Waals surface area contributed by atoms with Crippen LogP contribution in [0.1, 0.15) is 47.5 Å². The molecule has 0 heterocycles.